The molecule has 1 heterocycles. The van der Waals surface area contributed by atoms with E-state index in [0.717, 1.165) is 19.3 Å². The standard InChI is InChI=1S/C13H14ClN3O2.ClH/c14-9-4-1-2-5-10(9)18-8-11-16-12(17-19-11)13(15)6-3-7-13;/h1-2,4-5H,3,6-8,15H2;1H. The van der Waals surface area contributed by atoms with Crippen LogP contribution in [0.2, 0.25) is 5.02 Å². The van der Waals surface area contributed by atoms with Crippen LogP contribution in [0.3, 0.4) is 0 Å². The molecule has 0 saturated heterocycles. The first-order chi connectivity index (χ1) is 9.17. The highest BCUT2D eigenvalue weighted by Crippen LogP contribution is 2.36. The topological polar surface area (TPSA) is 74.2 Å². The largest absolute Gasteiger partial charge is 0.482 e. The predicted molar refractivity (Wildman–Crippen MR) is 77.0 cm³/mol. The summed E-state index contributed by atoms with van der Waals surface area (Å²) in [4.78, 5) is 4.28. The van der Waals surface area contributed by atoms with Crippen LogP contribution in [-0.2, 0) is 12.1 Å². The summed E-state index contributed by atoms with van der Waals surface area (Å²) in [5.74, 6) is 1.57. The van der Waals surface area contributed by atoms with Gasteiger partial charge in [-0.15, -0.1) is 12.4 Å². The molecular formula is C13H15Cl2N3O2. The molecule has 2 aromatic rings. The summed E-state index contributed by atoms with van der Waals surface area (Å²) in [7, 11) is 0. The van der Waals surface area contributed by atoms with E-state index in [2.05, 4.69) is 10.1 Å². The van der Waals surface area contributed by atoms with Crippen LogP contribution < -0.4 is 10.5 Å². The normalized spacial score (nSPS) is 16.1. The molecule has 1 saturated carbocycles. The Morgan fingerprint density at radius 3 is 2.75 bits per heavy atom. The van der Waals surface area contributed by atoms with Gasteiger partial charge in [0.15, 0.2) is 12.4 Å². The number of nitrogens with zero attached hydrogens (tertiary/aromatic N) is 2. The van der Waals surface area contributed by atoms with Gasteiger partial charge in [0, 0.05) is 0 Å². The molecule has 1 aliphatic rings. The Balaban J connectivity index is 0.00000147. The minimum Gasteiger partial charge on any atom is -0.482 e. The van der Waals surface area contributed by atoms with Crippen LogP contribution in [-0.4, -0.2) is 10.1 Å². The molecule has 2 N–H and O–H groups in total. The molecule has 5 nitrogen and oxygen atoms in total. The van der Waals surface area contributed by atoms with Gasteiger partial charge in [0.05, 0.1) is 10.6 Å². The third-order valence-electron chi connectivity index (χ3n) is 3.35. The van der Waals surface area contributed by atoms with Gasteiger partial charge in [-0.05, 0) is 31.4 Å². The molecule has 0 atom stereocenters. The van der Waals surface area contributed by atoms with E-state index in [9.17, 15) is 0 Å². The predicted octanol–water partition coefficient (Wildman–Crippen LogP) is 3.06. The molecule has 0 spiro atoms. The van der Waals surface area contributed by atoms with Gasteiger partial charge < -0.3 is 15.0 Å². The average Bonchev–Trinajstić information content (AvgIpc) is 2.84. The van der Waals surface area contributed by atoms with Crippen LogP contribution in [0.5, 0.6) is 5.75 Å². The van der Waals surface area contributed by atoms with Crippen molar-refractivity contribution in [3.8, 4) is 5.75 Å². The maximum Gasteiger partial charge on any atom is 0.264 e. The first-order valence-corrected chi connectivity index (χ1v) is 6.54. The van der Waals surface area contributed by atoms with E-state index >= 15 is 0 Å². The van der Waals surface area contributed by atoms with Crippen molar-refractivity contribution in [2.24, 2.45) is 5.73 Å². The van der Waals surface area contributed by atoms with Crippen LogP contribution in [0, 0.1) is 0 Å². The van der Waals surface area contributed by atoms with E-state index in [1.807, 2.05) is 12.1 Å². The first kappa shape index (κ1) is 15.1. The summed E-state index contributed by atoms with van der Waals surface area (Å²) >= 11 is 5.99. The van der Waals surface area contributed by atoms with Crippen molar-refractivity contribution < 1.29 is 9.26 Å². The Hall–Kier alpha value is -1.30. The summed E-state index contributed by atoms with van der Waals surface area (Å²) in [5, 5.41) is 4.47. The summed E-state index contributed by atoms with van der Waals surface area (Å²) < 4.78 is 10.7. The van der Waals surface area contributed by atoms with Gasteiger partial charge in [-0.25, -0.2) is 0 Å². The summed E-state index contributed by atoms with van der Waals surface area (Å²) in [5.41, 5.74) is 5.71. The van der Waals surface area contributed by atoms with E-state index in [1.165, 1.54) is 0 Å². The average molecular weight is 316 g/mol. The van der Waals surface area contributed by atoms with E-state index in [1.54, 1.807) is 12.1 Å². The summed E-state index contributed by atoms with van der Waals surface area (Å²) in [6.07, 6.45) is 2.91. The number of halogens is 2. The van der Waals surface area contributed by atoms with Gasteiger partial charge in [0.1, 0.15) is 5.75 Å². The van der Waals surface area contributed by atoms with Gasteiger partial charge in [-0.3, -0.25) is 0 Å². The van der Waals surface area contributed by atoms with Crippen molar-refractivity contribution >= 4 is 24.0 Å². The number of hydrogen-bond donors (Lipinski definition) is 1. The summed E-state index contributed by atoms with van der Waals surface area (Å²) in [6, 6.07) is 7.24. The van der Waals surface area contributed by atoms with Crippen LogP contribution >= 0.6 is 24.0 Å². The van der Waals surface area contributed by atoms with Crippen molar-refractivity contribution in [2.75, 3.05) is 0 Å². The quantitative estimate of drug-likeness (QED) is 0.938. The fourth-order valence-corrected chi connectivity index (χ4v) is 2.19. The van der Waals surface area contributed by atoms with Crippen molar-refractivity contribution in [1.82, 2.24) is 10.1 Å². The summed E-state index contributed by atoms with van der Waals surface area (Å²) in [6.45, 7) is 0.187. The zero-order valence-corrected chi connectivity index (χ0v) is 12.3. The van der Waals surface area contributed by atoms with Crippen molar-refractivity contribution in [3.05, 3.63) is 41.0 Å². The highest BCUT2D eigenvalue weighted by molar-refractivity contribution is 6.32. The van der Waals surface area contributed by atoms with Crippen LogP contribution in [0.1, 0.15) is 31.0 Å². The van der Waals surface area contributed by atoms with Crippen molar-refractivity contribution in [3.63, 3.8) is 0 Å². The Bertz CT molecular complexity index is 585. The van der Waals surface area contributed by atoms with Gasteiger partial charge in [0.25, 0.3) is 5.89 Å². The Morgan fingerprint density at radius 1 is 1.35 bits per heavy atom. The molecule has 108 valence electrons. The lowest BCUT2D eigenvalue weighted by molar-refractivity contribution is 0.223. The lowest BCUT2D eigenvalue weighted by Crippen LogP contribution is -2.44. The number of aromatic nitrogens is 2. The minimum atomic E-state index is -0.411. The van der Waals surface area contributed by atoms with E-state index in [4.69, 9.17) is 26.6 Å². The molecule has 1 aromatic heterocycles. The van der Waals surface area contributed by atoms with Crippen LogP contribution in [0.4, 0.5) is 0 Å². The highest BCUT2D eigenvalue weighted by atomic mass is 35.5. The molecule has 7 heteroatoms. The second kappa shape index (κ2) is 5.99. The first-order valence-electron chi connectivity index (χ1n) is 6.17. The molecular weight excluding hydrogens is 301 g/mol. The molecule has 0 bridgehead atoms. The maximum atomic E-state index is 6.12. The van der Waals surface area contributed by atoms with Gasteiger partial charge >= 0.3 is 0 Å². The van der Waals surface area contributed by atoms with E-state index < -0.39 is 5.54 Å². The van der Waals surface area contributed by atoms with E-state index in [0.29, 0.717) is 22.5 Å². The number of ether oxygens (including phenoxy) is 1. The van der Waals surface area contributed by atoms with Crippen molar-refractivity contribution in [2.45, 2.75) is 31.4 Å². The number of para-hydroxylation sites is 1. The number of rotatable bonds is 4. The van der Waals surface area contributed by atoms with Crippen LogP contribution in [0.15, 0.2) is 28.8 Å². The monoisotopic (exact) mass is 315 g/mol. The second-order valence-corrected chi connectivity index (χ2v) is 5.15. The molecule has 3 rings (SSSR count). The SMILES string of the molecule is Cl.NC1(c2noc(COc3ccccc3Cl)n2)CCC1. The third-order valence-corrected chi connectivity index (χ3v) is 3.66. The molecule has 20 heavy (non-hydrogen) atoms. The fraction of sp³-hybridized carbons (Fsp3) is 0.385. The zero-order valence-electron chi connectivity index (χ0n) is 10.7. The molecule has 1 aliphatic carbocycles. The highest BCUT2D eigenvalue weighted by Gasteiger charge is 2.38. The Labute approximate surface area is 127 Å². The molecule has 0 aliphatic heterocycles. The molecule has 1 aromatic carbocycles. The molecule has 0 unspecified atom stereocenters. The van der Waals surface area contributed by atoms with Gasteiger partial charge in [0.2, 0.25) is 0 Å². The lowest BCUT2D eigenvalue weighted by atomic mass is 9.77. The minimum absolute atomic E-state index is 0. The molecule has 0 radical (unpaired) electrons. The second-order valence-electron chi connectivity index (χ2n) is 4.74. The van der Waals surface area contributed by atoms with Gasteiger partial charge in [-0.1, -0.05) is 28.9 Å². The Kier molecular flexibility index (Phi) is 4.52. The fourth-order valence-electron chi connectivity index (χ4n) is 2.00. The molecule has 1 fully saturated rings. The smallest absolute Gasteiger partial charge is 0.264 e. The zero-order chi connectivity index (χ0) is 13.3. The molecule has 0 amide bonds. The Morgan fingerprint density at radius 2 is 2.10 bits per heavy atom. The van der Waals surface area contributed by atoms with Gasteiger partial charge in [-0.2, -0.15) is 4.98 Å². The number of hydrogen-bond acceptors (Lipinski definition) is 5. The number of nitrogens with two attached hydrogens (primary N) is 1. The third kappa shape index (κ3) is 2.90. The van der Waals surface area contributed by atoms with E-state index in [-0.39, 0.29) is 19.0 Å². The van der Waals surface area contributed by atoms with Crippen molar-refractivity contribution in [1.29, 1.82) is 0 Å². The lowest BCUT2D eigenvalue weighted by Gasteiger charge is -2.34. The van der Waals surface area contributed by atoms with Crippen LogP contribution in [0.25, 0.3) is 0 Å². The maximum absolute atomic E-state index is 6.12. The number of benzene rings is 1.